The Bertz CT molecular complexity index is 1100. The van der Waals surface area contributed by atoms with E-state index in [9.17, 15) is 9.18 Å². The van der Waals surface area contributed by atoms with Crippen LogP contribution < -0.4 is 9.47 Å². The van der Waals surface area contributed by atoms with E-state index >= 15 is 0 Å². The number of halogens is 2. The Balaban J connectivity index is 1.53. The highest BCUT2D eigenvalue weighted by Crippen LogP contribution is 2.35. The monoisotopic (exact) mass is 394 g/mol. The molecule has 0 atom stereocenters. The molecular formula is C23H16ClFO3. The van der Waals surface area contributed by atoms with E-state index in [-0.39, 0.29) is 18.1 Å². The Kier molecular flexibility index (Phi) is 4.88. The standard InChI is InChI=1S/C23H16ClFO3/c1-14-4-2-3-5-15(14)10-22-23(26)19-9-8-18(12-21(19)28-22)27-13-16-6-7-17(25)11-20(16)24/h2-12H,13H2,1H3/b22-10-. The van der Waals surface area contributed by atoms with E-state index in [0.29, 0.717) is 27.6 Å². The van der Waals surface area contributed by atoms with Gasteiger partial charge in [0.25, 0.3) is 0 Å². The first kappa shape index (κ1) is 18.3. The van der Waals surface area contributed by atoms with E-state index in [1.807, 2.05) is 31.2 Å². The van der Waals surface area contributed by atoms with Gasteiger partial charge in [0.05, 0.1) is 10.6 Å². The minimum absolute atomic E-state index is 0.161. The zero-order valence-electron chi connectivity index (χ0n) is 15.0. The normalized spacial score (nSPS) is 14.1. The number of hydrogen-bond acceptors (Lipinski definition) is 3. The molecule has 0 N–H and O–H groups in total. The van der Waals surface area contributed by atoms with Crippen LogP contribution in [-0.2, 0) is 6.61 Å². The molecule has 5 heteroatoms. The number of benzene rings is 3. The van der Waals surface area contributed by atoms with Gasteiger partial charge in [0.15, 0.2) is 5.76 Å². The summed E-state index contributed by atoms with van der Waals surface area (Å²) in [5.74, 6) is 0.706. The molecular weight excluding hydrogens is 379 g/mol. The van der Waals surface area contributed by atoms with Gasteiger partial charge in [0, 0.05) is 11.6 Å². The fourth-order valence-corrected chi connectivity index (χ4v) is 3.17. The molecule has 3 nitrogen and oxygen atoms in total. The first-order chi connectivity index (χ1) is 13.5. The van der Waals surface area contributed by atoms with Gasteiger partial charge in [-0.3, -0.25) is 4.79 Å². The molecule has 1 aliphatic heterocycles. The molecule has 0 amide bonds. The van der Waals surface area contributed by atoms with Crippen LogP contribution in [0.5, 0.6) is 11.5 Å². The Labute approximate surface area is 167 Å². The zero-order valence-corrected chi connectivity index (χ0v) is 15.8. The number of ketones is 1. The quantitative estimate of drug-likeness (QED) is 0.510. The van der Waals surface area contributed by atoms with Gasteiger partial charge < -0.3 is 9.47 Å². The number of rotatable bonds is 4. The van der Waals surface area contributed by atoms with Crippen molar-refractivity contribution in [2.45, 2.75) is 13.5 Å². The number of carbonyl (C=O) groups is 1. The summed E-state index contributed by atoms with van der Waals surface area (Å²) in [5, 5.41) is 0.302. The number of allylic oxidation sites excluding steroid dienone is 1. The lowest BCUT2D eigenvalue weighted by molar-refractivity contribution is 0.101. The molecule has 140 valence electrons. The molecule has 0 aliphatic carbocycles. The third-order valence-electron chi connectivity index (χ3n) is 4.53. The number of carbonyl (C=O) groups excluding carboxylic acids is 1. The average Bonchev–Trinajstić information content (AvgIpc) is 2.98. The highest BCUT2D eigenvalue weighted by atomic mass is 35.5. The van der Waals surface area contributed by atoms with E-state index in [1.54, 1.807) is 30.3 Å². The van der Waals surface area contributed by atoms with Gasteiger partial charge >= 0.3 is 0 Å². The Hall–Kier alpha value is -3.11. The van der Waals surface area contributed by atoms with E-state index in [2.05, 4.69) is 0 Å². The number of hydrogen-bond donors (Lipinski definition) is 0. The van der Waals surface area contributed by atoms with Gasteiger partial charge in [0.2, 0.25) is 5.78 Å². The minimum Gasteiger partial charge on any atom is -0.489 e. The van der Waals surface area contributed by atoms with Crippen LogP contribution >= 0.6 is 11.6 Å². The molecule has 0 aromatic heterocycles. The lowest BCUT2D eigenvalue weighted by Gasteiger charge is -2.08. The second kappa shape index (κ2) is 7.49. The van der Waals surface area contributed by atoms with Crippen LogP contribution in [0.4, 0.5) is 4.39 Å². The fourth-order valence-electron chi connectivity index (χ4n) is 2.95. The second-order valence-corrected chi connectivity index (χ2v) is 6.89. The van der Waals surface area contributed by atoms with Crippen LogP contribution in [0.1, 0.15) is 27.0 Å². The Morgan fingerprint density at radius 2 is 1.93 bits per heavy atom. The van der Waals surface area contributed by atoms with Crippen LogP contribution in [0, 0.1) is 12.7 Å². The van der Waals surface area contributed by atoms with Crippen molar-refractivity contribution in [3.05, 3.63) is 99.5 Å². The second-order valence-electron chi connectivity index (χ2n) is 6.48. The molecule has 3 aromatic rings. The van der Waals surface area contributed by atoms with Crippen LogP contribution in [-0.4, -0.2) is 5.78 Å². The Morgan fingerprint density at radius 3 is 2.71 bits per heavy atom. The number of aryl methyl sites for hydroxylation is 1. The van der Waals surface area contributed by atoms with Crippen LogP contribution in [0.15, 0.2) is 66.4 Å². The third-order valence-corrected chi connectivity index (χ3v) is 4.88. The average molecular weight is 395 g/mol. The maximum absolute atomic E-state index is 13.1. The topological polar surface area (TPSA) is 35.5 Å². The molecule has 1 heterocycles. The number of fused-ring (bicyclic) bond motifs is 1. The first-order valence-electron chi connectivity index (χ1n) is 8.72. The molecule has 28 heavy (non-hydrogen) atoms. The predicted molar refractivity (Wildman–Crippen MR) is 106 cm³/mol. The largest absolute Gasteiger partial charge is 0.489 e. The van der Waals surface area contributed by atoms with Crippen molar-refractivity contribution < 1.29 is 18.7 Å². The van der Waals surface area contributed by atoms with Gasteiger partial charge in [-0.1, -0.05) is 41.9 Å². The van der Waals surface area contributed by atoms with Gasteiger partial charge in [0.1, 0.15) is 23.9 Å². The van der Waals surface area contributed by atoms with E-state index < -0.39 is 5.82 Å². The molecule has 0 saturated heterocycles. The van der Waals surface area contributed by atoms with E-state index in [4.69, 9.17) is 21.1 Å². The third kappa shape index (κ3) is 3.64. The summed E-state index contributed by atoms with van der Waals surface area (Å²) in [6.07, 6.45) is 1.75. The molecule has 0 fully saturated rings. The van der Waals surface area contributed by atoms with E-state index in [1.165, 1.54) is 12.1 Å². The molecule has 0 unspecified atom stereocenters. The highest BCUT2D eigenvalue weighted by molar-refractivity contribution is 6.31. The van der Waals surface area contributed by atoms with Gasteiger partial charge in [-0.15, -0.1) is 0 Å². The lowest BCUT2D eigenvalue weighted by atomic mass is 10.1. The van der Waals surface area contributed by atoms with Crippen LogP contribution in [0.25, 0.3) is 6.08 Å². The van der Waals surface area contributed by atoms with Crippen molar-refractivity contribution in [1.29, 1.82) is 0 Å². The van der Waals surface area contributed by atoms with Gasteiger partial charge in [-0.05, 0) is 48.4 Å². The molecule has 3 aromatic carbocycles. The van der Waals surface area contributed by atoms with Gasteiger partial charge in [-0.25, -0.2) is 4.39 Å². The molecule has 0 bridgehead atoms. The first-order valence-corrected chi connectivity index (χ1v) is 9.10. The summed E-state index contributed by atoms with van der Waals surface area (Å²) in [5.41, 5.74) is 3.15. The molecule has 1 aliphatic rings. The molecule has 4 rings (SSSR count). The number of ether oxygens (including phenoxy) is 2. The fraction of sp³-hybridized carbons (Fsp3) is 0.0870. The smallest absolute Gasteiger partial charge is 0.231 e. The summed E-state index contributed by atoms with van der Waals surface area (Å²) in [6.45, 7) is 2.16. The summed E-state index contributed by atoms with van der Waals surface area (Å²) in [4.78, 5) is 12.6. The van der Waals surface area contributed by atoms with Crippen molar-refractivity contribution >= 4 is 23.5 Å². The lowest BCUT2D eigenvalue weighted by Crippen LogP contribution is -1.98. The van der Waals surface area contributed by atoms with E-state index in [0.717, 1.165) is 11.1 Å². The molecule has 0 spiro atoms. The maximum Gasteiger partial charge on any atom is 0.231 e. The predicted octanol–water partition coefficient (Wildman–Crippen LogP) is 5.98. The summed E-state index contributed by atoms with van der Waals surface area (Å²) < 4.78 is 24.6. The number of Topliss-reactive ketones (excluding diaryl/α,β-unsaturated/α-hetero) is 1. The van der Waals surface area contributed by atoms with Crippen molar-refractivity contribution in [2.75, 3.05) is 0 Å². The molecule has 0 radical (unpaired) electrons. The van der Waals surface area contributed by atoms with Crippen LogP contribution in [0.2, 0.25) is 5.02 Å². The SMILES string of the molecule is Cc1ccccc1/C=C1\Oc2cc(OCc3ccc(F)cc3Cl)ccc2C1=O. The van der Waals surface area contributed by atoms with Gasteiger partial charge in [-0.2, -0.15) is 0 Å². The highest BCUT2D eigenvalue weighted by Gasteiger charge is 2.27. The zero-order chi connectivity index (χ0) is 19.7. The van der Waals surface area contributed by atoms with Crippen molar-refractivity contribution in [3.63, 3.8) is 0 Å². The van der Waals surface area contributed by atoms with Crippen molar-refractivity contribution in [3.8, 4) is 11.5 Å². The summed E-state index contributed by atoms with van der Waals surface area (Å²) in [7, 11) is 0. The summed E-state index contributed by atoms with van der Waals surface area (Å²) in [6, 6.07) is 17.0. The molecule has 0 saturated carbocycles. The Morgan fingerprint density at radius 1 is 1.11 bits per heavy atom. The summed E-state index contributed by atoms with van der Waals surface area (Å²) >= 11 is 6.02. The van der Waals surface area contributed by atoms with Crippen LogP contribution in [0.3, 0.4) is 0 Å². The van der Waals surface area contributed by atoms with Crippen molar-refractivity contribution in [2.24, 2.45) is 0 Å². The minimum atomic E-state index is -0.397. The van der Waals surface area contributed by atoms with Crippen molar-refractivity contribution in [1.82, 2.24) is 0 Å². The maximum atomic E-state index is 13.1.